The summed E-state index contributed by atoms with van der Waals surface area (Å²) < 4.78 is 1.80. The number of amides is 1. The number of likely N-dealkylation sites (tertiary alicyclic amines) is 1. The van der Waals surface area contributed by atoms with Gasteiger partial charge < -0.3 is 14.6 Å². The number of aliphatic carboxylic acids is 1. The lowest BCUT2D eigenvalue weighted by molar-refractivity contribution is -0.143. The number of aromatic nitrogens is 1. The Morgan fingerprint density at radius 1 is 1.33 bits per heavy atom. The molecule has 1 saturated heterocycles. The molecule has 1 atom stereocenters. The summed E-state index contributed by atoms with van der Waals surface area (Å²) in [7, 11) is 1.82. The smallest absolute Gasteiger partial charge is 0.326 e. The van der Waals surface area contributed by atoms with E-state index in [1.165, 1.54) is 4.90 Å². The van der Waals surface area contributed by atoms with E-state index in [2.05, 4.69) is 0 Å². The number of carboxylic acids is 1. The third-order valence-electron chi connectivity index (χ3n) is 3.64. The normalized spacial score (nSPS) is 19.9. The molecule has 1 fully saturated rings. The molecule has 0 aromatic carbocycles. The van der Waals surface area contributed by atoms with Crippen molar-refractivity contribution >= 4 is 11.9 Å². The summed E-state index contributed by atoms with van der Waals surface area (Å²) in [4.78, 5) is 25.1. The molecule has 5 heteroatoms. The number of aryl methyl sites for hydroxylation is 1. The van der Waals surface area contributed by atoms with Gasteiger partial charge in [-0.2, -0.15) is 0 Å². The standard InChI is InChI=1S/C13H18N2O3/c1-9-6-7-10(14(9)2)12(16)15-8-4-3-5-11(15)13(17)18/h6-7,11H,3-5,8H2,1-2H3,(H,17,18)/t11-/m1/s1. The van der Waals surface area contributed by atoms with Crippen molar-refractivity contribution in [3.63, 3.8) is 0 Å². The first-order valence-electron chi connectivity index (χ1n) is 6.18. The second kappa shape index (κ2) is 4.84. The Bertz CT molecular complexity index is 479. The predicted octanol–water partition coefficient (Wildman–Crippen LogP) is 1.41. The summed E-state index contributed by atoms with van der Waals surface area (Å²) in [5.74, 6) is -1.09. The number of carbonyl (C=O) groups excluding carboxylic acids is 1. The van der Waals surface area contributed by atoms with Crippen LogP contribution in [0.1, 0.15) is 35.4 Å². The van der Waals surface area contributed by atoms with Gasteiger partial charge in [0.15, 0.2) is 0 Å². The molecule has 0 bridgehead atoms. The Hall–Kier alpha value is -1.78. The van der Waals surface area contributed by atoms with Gasteiger partial charge in [0, 0.05) is 19.3 Å². The Morgan fingerprint density at radius 3 is 2.61 bits per heavy atom. The van der Waals surface area contributed by atoms with E-state index >= 15 is 0 Å². The van der Waals surface area contributed by atoms with Crippen LogP contribution in [-0.4, -0.2) is 39.0 Å². The quantitative estimate of drug-likeness (QED) is 0.863. The zero-order valence-electron chi connectivity index (χ0n) is 10.7. The number of carboxylic acid groups (broad SMARTS) is 1. The molecule has 98 valence electrons. The highest BCUT2D eigenvalue weighted by Crippen LogP contribution is 2.20. The van der Waals surface area contributed by atoms with E-state index in [9.17, 15) is 14.7 Å². The average molecular weight is 250 g/mol. The molecule has 0 unspecified atom stereocenters. The number of hydrogen-bond donors (Lipinski definition) is 1. The van der Waals surface area contributed by atoms with Crippen molar-refractivity contribution < 1.29 is 14.7 Å². The first-order valence-corrected chi connectivity index (χ1v) is 6.18. The molecule has 2 heterocycles. The van der Waals surface area contributed by atoms with Gasteiger partial charge in [-0.25, -0.2) is 4.79 Å². The molecule has 0 aliphatic carbocycles. The van der Waals surface area contributed by atoms with Crippen LogP contribution in [0.3, 0.4) is 0 Å². The maximum atomic E-state index is 12.4. The zero-order chi connectivity index (χ0) is 13.3. The van der Waals surface area contributed by atoms with E-state index < -0.39 is 12.0 Å². The van der Waals surface area contributed by atoms with Crippen molar-refractivity contribution in [2.24, 2.45) is 7.05 Å². The van der Waals surface area contributed by atoms with Crippen LogP contribution >= 0.6 is 0 Å². The maximum Gasteiger partial charge on any atom is 0.326 e. The molecular formula is C13H18N2O3. The van der Waals surface area contributed by atoms with Crippen molar-refractivity contribution in [3.8, 4) is 0 Å². The molecule has 0 spiro atoms. The minimum atomic E-state index is -0.908. The van der Waals surface area contributed by atoms with Gasteiger partial charge in [-0.1, -0.05) is 0 Å². The van der Waals surface area contributed by atoms with Gasteiger partial charge in [-0.3, -0.25) is 4.79 Å². The summed E-state index contributed by atoms with van der Waals surface area (Å²) >= 11 is 0. The summed E-state index contributed by atoms with van der Waals surface area (Å²) in [6.07, 6.45) is 2.29. The molecule has 1 aromatic rings. The van der Waals surface area contributed by atoms with Gasteiger partial charge in [0.1, 0.15) is 11.7 Å². The number of carbonyl (C=O) groups is 2. The van der Waals surface area contributed by atoms with Crippen LogP contribution in [0.15, 0.2) is 12.1 Å². The van der Waals surface area contributed by atoms with Gasteiger partial charge in [0.25, 0.3) is 5.91 Å². The Morgan fingerprint density at radius 2 is 2.06 bits per heavy atom. The fraction of sp³-hybridized carbons (Fsp3) is 0.538. The molecule has 0 radical (unpaired) electrons. The third-order valence-corrected chi connectivity index (χ3v) is 3.64. The first kappa shape index (κ1) is 12.7. The van der Waals surface area contributed by atoms with Crippen LogP contribution in [0, 0.1) is 6.92 Å². The summed E-state index contributed by atoms with van der Waals surface area (Å²) in [6, 6.07) is 2.94. The second-order valence-corrected chi connectivity index (χ2v) is 4.77. The highest BCUT2D eigenvalue weighted by Gasteiger charge is 2.33. The monoisotopic (exact) mass is 250 g/mol. The number of piperidine rings is 1. The fourth-order valence-corrected chi connectivity index (χ4v) is 2.41. The molecule has 0 saturated carbocycles. The van der Waals surface area contributed by atoms with Crippen LogP contribution in [0.2, 0.25) is 0 Å². The SMILES string of the molecule is Cc1ccc(C(=O)N2CCCC[C@@H]2C(=O)O)n1C. The molecule has 1 amide bonds. The molecule has 1 aliphatic rings. The van der Waals surface area contributed by atoms with Crippen molar-refractivity contribution in [3.05, 3.63) is 23.5 Å². The van der Waals surface area contributed by atoms with Gasteiger partial charge in [-0.15, -0.1) is 0 Å². The molecule has 1 N–H and O–H groups in total. The molecule has 1 aliphatic heterocycles. The average Bonchev–Trinajstić information content (AvgIpc) is 2.69. The van der Waals surface area contributed by atoms with Crippen molar-refractivity contribution in [2.75, 3.05) is 6.54 Å². The van der Waals surface area contributed by atoms with E-state index in [1.54, 1.807) is 10.6 Å². The lowest BCUT2D eigenvalue weighted by Crippen LogP contribution is -2.48. The lowest BCUT2D eigenvalue weighted by atomic mass is 10.0. The van der Waals surface area contributed by atoms with Gasteiger partial charge in [0.2, 0.25) is 0 Å². The molecule has 18 heavy (non-hydrogen) atoms. The van der Waals surface area contributed by atoms with E-state index in [4.69, 9.17) is 0 Å². The highest BCUT2D eigenvalue weighted by atomic mass is 16.4. The summed E-state index contributed by atoms with van der Waals surface area (Å²) in [5.41, 5.74) is 1.54. The minimum Gasteiger partial charge on any atom is -0.480 e. The largest absolute Gasteiger partial charge is 0.480 e. The first-order chi connectivity index (χ1) is 8.52. The Kier molecular flexibility index (Phi) is 3.41. The molecular weight excluding hydrogens is 232 g/mol. The summed E-state index contributed by atoms with van der Waals surface area (Å²) in [6.45, 7) is 2.45. The maximum absolute atomic E-state index is 12.4. The molecule has 2 rings (SSSR count). The lowest BCUT2D eigenvalue weighted by Gasteiger charge is -2.33. The Balaban J connectivity index is 2.26. The van der Waals surface area contributed by atoms with Crippen LogP contribution in [-0.2, 0) is 11.8 Å². The van der Waals surface area contributed by atoms with Crippen molar-refractivity contribution in [2.45, 2.75) is 32.2 Å². The van der Waals surface area contributed by atoms with Crippen molar-refractivity contribution in [1.82, 2.24) is 9.47 Å². The van der Waals surface area contributed by atoms with Gasteiger partial charge in [-0.05, 0) is 38.3 Å². The summed E-state index contributed by atoms with van der Waals surface area (Å²) in [5, 5.41) is 9.18. The number of nitrogens with zero attached hydrogens (tertiary/aromatic N) is 2. The number of rotatable bonds is 2. The number of hydrogen-bond acceptors (Lipinski definition) is 2. The minimum absolute atomic E-state index is 0.183. The highest BCUT2D eigenvalue weighted by molar-refractivity contribution is 5.95. The van der Waals surface area contributed by atoms with E-state index in [0.29, 0.717) is 18.7 Å². The second-order valence-electron chi connectivity index (χ2n) is 4.77. The van der Waals surface area contributed by atoms with E-state index in [0.717, 1.165) is 18.5 Å². The zero-order valence-corrected chi connectivity index (χ0v) is 10.7. The van der Waals surface area contributed by atoms with Crippen LogP contribution in [0.5, 0.6) is 0 Å². The van der Waals surface area contributed by atoms with Gasteiger partial charge >= 0.3 is 5.97 Å². The predicted molar refractivity (Wildman–Crippen MR) is 66.5 cm³/mol. The Labute approximate surface area is 106 Å². The van der Waals surface area contributed by atoms with Gasteiger partial charge in [0.05, 0.1) is 0 Å². The van der Waals surface area contributed by atoms with Crippen LogP contribution in [0.25, 0.3) is 0 Å². The molecule has 5 nitrogen and oxygen atoms in total. The topological polar surface area (TPSA) is 62.5 Å². The van der Waals surface area contributed by atoms with Crippen LogP contribution < -0.4 is 0 Å². The van der Waals surface area contributed by atoms with Crippen LogP contribution in [0.4, 0.5) is 0 Å². The van der Waals surface area contributed by atoms with E-state index in [1.807, 2.05) is 20.0 Å². The third kappa shape index (κ3) is 2.12. The van der Waals surface area contributed by atoms with Crippen molar-refractivity contribution in [1.29, 1.82) is 0 Å². The fourth-order valence-electron chi connectivity index (χ4n) is 2.41. The molecule has 1 aromatic heterocycles. The van der Waals surface area contributed by atoms with E-state index in [-0.39, 0.29) is 5.91 Å².